The molecule has 0 spiro atoms. The monoisotopic (exact) mass is 289 g/mol. The van der Waals surface area contributed by atoms with Crippen LogP contribution in [-0.2, 0) is 6.54 Å². The van der Waals surface area contributed by atoms with Crippen LogP contribution in [0.15, 0.2) is 23.1 Å². The summed E-state index contributed by atoms with van der Waals surface area (Å²) in [6.45, 7) is 2.80. The Morgan fingerprint density at radius 1 is 1.29 bits per heavy atom. The predicted octanol–water partition coefficient (Wildman–Crippen LogP) is 0.694. The summed E-state index contributed by atoms with van der Waals surface area (Å²) < 4.78 is 1.19. The number of carboxylic acid groups (broad SMARTS) is 1. The van der Waals surface area contributed by atoms with Crippen LogP contribution in [0, 0.1) is 0 Å². The lowest BCUT2D eigenvalue weighted by atomic mass is 10.2. The first-order valence-corrected chi connectivity index (χ1v) is 6.76. The summed E-state index contributed by atoms with van der Waals surface area (Å²) in [5, 5.41) is 18.6. The third kappa shape index (κ3) is 2.47. The van der Waals surface area contributed by atoms with E-state index < -0.39 is 23.0 Å². The number of hydrogen-bond donors (Lipinski definition) is 2. The minimum Gasteiger partial charge on any atom is -0.501 e. The highest BCUT2D eigenvalue weighted by atomic mass is 16.4. The molecule has 3 rings (SSSR count). The maximum Gasteiger partial charge on any atom is 0.358 e. The number of fused-ring (bicyclic) bond motifs is 1. The molecule has 3 heterocycles. The first-order chi connectivity index (χ1) is 10.1. The van der Waals surface area contributed by atoms with Gasteiger partial charge in [-0.25, -0.2) is 9.78 Å². The number of aromatic hydroxyl groups is 1. The number of aromatic carboxylic acids is 1. The highest BCUT2D eigenvalue weighted by Crippen LogP contribution is 2.15. The molecule has 7 nitrogen and oxygen atoms in total. The zero-order chi connectivity index (χ0) is 15.0. The summed E-state index contributed by atoms with van der Waals surface area (Å²) in [5.41, 5.74) is -0.246. The van der Waals surface area contributed by atoms with Crippen LogP contribution in [0.4, 0.5) is 0 Å². The van der Waals surface area contributed by atoms with E-state index in [0.29, 0.717) is 0 Å². The van der Waals surface area contributed by atoms with Crippen molar-refractivity contribution in [2.75, 3.05) is 13.1 Å². The van der Waals surface area contributed by atoms with Gasteiger partial charge in [0.1, 0.15) is 5.65 Å². The van der Waals surface area contributed by atoms with Gasteiger partial charge in [-0.2, -0.15) is 0 Å². The summed E-state index contributed by atoms with van der Waals surface area (Å²) in [6.07, 6.45) is 3.96. The van der Waals surface area contributed by atoms with Crippen LogP contribution in [0.1, 0.15) is 28.9 Å². The third-order valence-electron chi connectivity index (χ3n) is 3.67. The van der Waals surface area contributed by atoms with Gasteiger partial charge in [-0.15, -0.1) is 0 Å². The second-order valence-electron chi connectivity index (χ2n) is 5.17. The van der Waals surface area contributed by atoms with Crippen LogP contribution >= 0.6 is 0 Å². The molecule has 1 aliphatic rings. The Morgan fingerprint density at radius 2 is 2.00 bits per heavy atom. The smallest absolute Gasteiger partial charge is 0.358 e. The van der Waals surface area contributed by atoms with Gasteiger partial charge in [-0.3, -0.25) is 14.1 Å². The second-order valence-corrected chi connectivity index (χ2v) is 5.17. The van der Waals surface area contributed by atoms with Crippen molar-refractivity contribution in [1.82, 2.24) is 14.3 Å². The Kier molecular flexibility index (Phi) is 3.34. The van der Waals surface area contributed by atoms with Crippen LogP contribution in [0.2, 0.25) is 0 Å². The SMILES string of the molecule is O=C(O)c1nc2ccc(CN3CCCC3)cn2c(=O)c1O. The van der Waals surface area contributed by atoms with E-state index >= 15 is 0 Å². The Labute approximate surface area is 120 Å². The quantitative estimate of drug-likeness (QED) is 0.863. The molecule has 0 aliphatic carbocycles. The largest absolute Gasteiger partial charge is 0.501 e. The van der Waals surface area contributed by atoms with E-state index in [4.69, 9.17) is 5.11 Å². The Balaban J connectivity index is 2.05. The molecule has 1 fully saturated rings. The zero-order valence-corrected chi connectivity index (χ0v) is 11.3. The average Bonchev–Trinajstić information content (AvgIpc) is 2.96. The fourth-order valence-corrected chi connectivity index (χ4v) is 2.62. The molecule has 0 unspecified atom stereocenters. The molecule has 0 radical (unpaired) electrons. The van der Waals surface area contributed by atoms with Crippen molar-refractivity contribution < 1.29 is 15.0 Å². The number of rotatable bonds is 3. The van der Waals surface area contributed by atoms with Crippen LogP contribution in [0.5, 0.6) is 5.75 Å². The van der Waals surface area contributed by atoms with Gasteiger partial charge in [0.15, 0.2) is 5.69 Å². The first-order valence-electron chi connectivity index (χ1n) is 6.76. The van der Waals surface area contributed by atoms with Crippen molar-refractivity contribution in [2.24, 2.45) is 0 Å². The average molecular weight is 289 g/mol. The molecule has 21 heavy (non-hydrogen) atoms. The fourth-order valence-electron chi connectivity index (χ4n) is 2.62. The summed E-state index contributed by atoms with van der Waals surface area (Å²) in [7, 11) is 0. The molecule has 7 heteroatoms. The Bertz CT molecular complexity index is 763. The van der Waals surface area contributed by atoms with Crippen LogP contribution in [0.25, 0.3) is 5.65 Å². The molecule has 0 atom stereocenters. The standard InChI is InChI=1S/C14H15N3O4/c18-12-11(14(20)21)15-10-4-3-9(8-17(10)13(12)19)7-16-5-1-2-6-16/h3-4,8,18H,1-2,5-7H2,(H,20,21). The molecule has 2 aromatic rings. The Hall–Kier alpha value is -2.41. The second kappa shape index (κ2) is 5.17. The minimum atomic E-state index is -1.42. The van der Waals surface area contributed by atoms with E-state index in [1.165, 1.54) is 17.2 Å². The first kappa shape index (κ1) is 13.6. The fraction of sp³-hybridized carbons (Fsp3) is 0.357. The third-order valence-corrected chi connectivity index (χ3v) is 3.67. The summed E-state index contributed by atoms with van der Waals surface area (Å²) in [6, 6.07) is 3.42. The van der Waals surface area contributed by atoms with Crippen molar-refractivity contribution in [1.29, 1.82) is 0 Å². The molecule has 0 amide bonds. The van der Waals surface area contributed by atoms with E-state index in [9.17, 15) is 14.7 Å². The minimum absolute atomic E-state index is 0.209. The van der Waals surface area contributed by atoms with Gasteiger partial charge >= 0.3 is 11.5 Å². The lowest BCUT2D eigenvalue weighted by Crippen LogP contribution is -2.21. The molecule has 1 aliphatic heterocycles. The number of hydrogen-bond acceptors (Lipinski definition) is 5. The molecular formula is C14H15N3O4. The molecule has 0 aromatic carbocycles. The van der Waals surface area contributed by atoms with Gasteiger partial charge < -0.3 is 10.2 Å². The van der Waals surface area contributed by atoms with Gasteiger partial charge in [-0.1, -0.05) is 6.07 Å². The number of carboxylic acids is 1. The van der Waals surface area contributed by atoms with Crippen molar-refractivity contribution in [3.05, 3.63) is 39.9 Å². The lowest BCUT2D eigenvalue weighted by molar-refractivity contribution is 0.0686. The zero-order valence-electron chi connectivity index (χ0n) is 11.3. The van der Waals surface area contributed by atoms with E-state index in [2.05, 4.69) is 9.88 Å². The number of nitrogens with zero attached hydrogens (tertiary/aromatic N) is 3. The van der Waals surface area contributed by atoms with Crippen molar-refractivity contribution in [3.8, 4) is 5.75 Å². The Morgan fingerprint density at radius 3 is 2.67 bits per heavy atom. The maximum atomic E-state index is 12.0. The van der Waals surface area contributed by atoms with E-state index in [0.717, 1.165) is 25.2 Å². The van der Waals surface area contributed by atoms with E-state index in [1.807, 2.05) is 6.07 Å². The lowest BCUT2D eigenvalue weighted by Gasteiger charge is -2.15. The molecule has 1 saturated heterocycles. The summed E-state index contributed by atoms with van der Waals surface area (Å²) in [4.78, 5) is 29.1. The topological polar surface area (TPSA) is 95.1 Å². The number of aromatic nitrogens is 2. The summed E-state index contributed by atoms with van der Waals surface area (Å²) in [5.74, 6) is -2.26. The highest BCUT2D eigenvalue weighted by molar-refractivity contribution is 5.88. The van der Waals surface area contributed by atoms with Gasteiger partial charge in [0.05, 0.1) is 0 Å². The van der Waals surface area contributed by atoms with Crippen LogP contribution in [0.3, 0.4) is 0 Å². The van der Waals surface area contributed by atoms with E-state index in [1.54, 1.807) is 12.3 Å². The van der Waals surface area contributed by atoms with Gasteiger partial charge in [0.2, 0.25) is 5.75 Å². The molecule has 0 saturated carbocycles. The molecule has 2 N–H and O–H groups in total. The van der Waals surface area contributed by atoms with E-state index in [-0.39, 0.29) is 5.65 Å². The number of pyridine rings is 1. The van der Waals surface area contributed by atoms with Gasteiger partial charge in [0.25, 0.3) is 0 Å². The van der Waals surface area contributed by atoms with Crippen molar-refractivity contribution >= 4 is 11.6 Å². The summed E-state index contributed by atoms with van der Waals surface area (Å²) >= 11 is 0. The van der Waals surface area contributed by atoms with Crippen LogP contribution < -0.4 is 5.56 Å². The van der Waals surface area contributed by atoms with Crippen molar-refractivity contribution in [3.63, 3.8) is 0 Å². The van der Waals surface area contributed by atoms with Gasteiger partial charge in [0, 0.05) is 12.7 Å². The normalized spacial score (nSPS) is 15.6. The van der Waals surface area contributed by atoms with Gasteiger partial charge in [-0.05, 0) is 37.6 Å². The molecular weight excluding hydrogens is 274 g/mol. The number of likely N-dealkylation sites (tertiary alicyclic amines) is 1. The molecule has 2 aromatic heterocycles. The highest BCUT2D eigenvalue weighted by Gasteiger charge is 2.18. The maximum absolute atomic E-state index is 12.0. The predicted molar refractivity (Wildman–Crippen MR) is 74.6 cm³/mol. The van der Waals surface area contributed by atoms with Crippen molar-refractivity contribution in [2.45, 2.75) is 19.4 Å². The molecule has 0 bridgehead atoms. The molecule has 110 valence electrons. The van der Waals surface area contributed by atoms with Crippen LogP contribution in [-0.4, -0.2) is 43.6 Å². The number of carbonyl (C=O) groups is 1.